The predicted molar refractivity (Wildman–Crippen MR) is 333 cm³/mol. The van der Waals surface area contributed by atoms with Gasteiger partial charge in [-0.15, -0.1) is 0 Å². The van der Waals surface area contributed by atoms with E-state index in [4.69, 9.17) is 14.4 Å². The van der Waals surface area contributed by atoms with E-state index in [1.807, 2.05) is 30.3 Å². The lowest BCUT2D eigenvalue weighted by Gasteiger charge is -2.35. The number of para-hydroxylation sites is 2. The first kappa shape index (κ1) is 48.0. The molecule has 0 aliphatic carbocycles. The minimum atomic E-state index is -0.105. The fraction of sp³-hybridized carbons (Fsp3) is 0.139. The topological polar surface area (TPSA) is 57.0 Å². The minimum absolute atomic E-state index is 0.105. The predicted octanol–water partition coefficient (Wildman–Crippen LogP) is 19.2. The van der Waals surface area contributed by atoms with Crippen LogP contribution in [0.2, 0.25) is 0 Å². The summed E-state index contributed by atoms with van der Waals surface area (Å²) in [5.41, 5.74) is 22.8. The molecule has 0 saturated heterocycles. The van der Waals surface area contributed by atoms with E-state index < -0.39 is 0 Å². The molecule has 0 aliphatic heterocycles. The molecule has 14 aromatic rings. The summed E-state index contributed by atoms with van der Waals surface area (Å²) >= 11 is 0. The summed E-state index contributed by atoms with van der Waals surface area (Å²) in [5.74, 6) is 2.09. The van der Waals surface area contributed by atoms with Crippen LogP contribution in [0.4, 0.5) is 11.5 Å². The minimum Gasteiger partial charge on any atom is -0.436 e. The van der Waals surface area contributed by atoms with Crippen molar-refractivity contribution >= 4 is 94.1 Å². The van der Waals surface area contributed by atoms with Crippen molar-refractivity contribution in [2.24, 2.45) is 0 Å². The maximum absolute atomic E-state index is 6.91. The van der Waals surface area contributed by atoms with Gasteiger partial charge in [0, 0.05) is 55.2 Å². The number of hydrogen-bond donors (Lipinski definition) is 0. The lowest BCUT2D eigenvalue weighted by atomic mass is 9.95. The van der Waals surface area contributed by atoms with E-state index >= 15 is 0 Å². The Balaban J connectivity index is 1.32. The van der Waals surface area contributed by atoms with Crippen molar-refractivity contribution in [2.45, 2.75) is 68.4 Å². The van der Waals surface area contributed by atoms with E-state index in [1.54, 1.807) is 0 Å². The molecule has 0 spiro atoms. The van der Waals surface area contributed by atoms with Crippen LogP contribution >= 0.6 is 0 Å². The lowest BCUT2D eigenvalue weighted by Crippen LogP contribution is -2.29. The second kappa shape index (κ2) is 18.1. The SMILES string of the molecule is C=Cc1cc(C)ccc1N(c1nc(-n2c3ccc(C)cc3c3cc(C)ccc32)c(-n2c3ccc(C)cc3c3cc(C)ccc32)c(-c2ccccc2-c2nc3ccccc3o2)c1-n1c2ccc(C)cc2c2cc(C)ccc21)C(C)C. The number of oxazole rings is 1. The zero-order valence-corrected chi connectivity index (χ0v) is 46.2. The highest BCUT2D eigenvalue weighted by Crippen LogP contribution is 2.52. The third-order valence-electron chi connectivity index (χ3n) is 16.1. The van der Waals surface area contributed by atoms with Gasteiger partial charge in [-0.1, -0.05) is 124 Å². The molecule has 0 aliphatic rings. The van der Waals surface area contributed by atoms with Gasteiger partial charge >= 0.3 is 0 Å². The Hall–Kier alpha value is -9.46. The summed E-state index contributed by atoms with van der Waals surface area (Å²) in [6.07, 6.45) is 1.99. The number of hydrogen-bond acceptors (Lipinski definition) is 4. The van der Waals surface area contributed by atoms with E-state index in [9.17, 15) is 0 Å². The quantitative estimate of drug-likeness (QED) is 0.145. The number of pyridine rings is 1. The van der Waals surface area contributed by atoms with Crippen LogP contribution in [-0.4, -0.2) is 29.7 Å². The Bertz CT molecular complexity index is 4670. The Morgan fingerprint density at radius 3 is 1.30 bits per heavy atom. The summed E-state index contributed by atoms with van der Waals surface area (Å²) in [4.78, 5) is 14.2. The Kier molecular flexibility index (Phi) is 11.0. The molecular formula is C72H60N6O. The van der Waals surface area contributed by atoms with Gasteiger partial charge in [0.1, 0.15) is 11.2 Å². The molecule has 9 aromatic carbocycles. The van der Waals surface area contributed by atoms with Crippen LogP contribution in [0.15, 0.2) is 187 Å². The molecule has 0 radical (unpaired) electrons. The molecule has 5 heterocycles. The van der Waals surface area contributed by atoms with E-state index in [0.29, 0.717) is 5.89 Å². The molecule has 0 unspecified atom stereocenters. The number of aromatic nitrogens is 5. The molecule has 0 saturated carbocycles. The van der Waals surface area contributed by atoms with Gasteiger partial charge in [0.25, 0.3) is 0 Å². The molecule has 7 heteroatoms. The van der Waals surface area contributed by atoms with E-state index in [1.165, 1.54) is 65.7 Å². The molecular weight excluding hydrogens is 965 g/mol. The molecule has 5 aromatic heterocycles. The van der Waals surface area contributed by atoms with Crippen LogP contribution in [0, 0.1) is 48.5 Å². The number of rotatable bonds is 9. The lowest BCUT2D eigenvalue weighted by molar-refractivity contribution is 0.620. The van der Waals surface area contributed by atoms with Crippen LogP contribution < -0.4 is 4.90 Å². The molecule has 0 atom stereocenters. The Labute approximate surface area is 459 Å². The molecule has 79 heavy (non-hydrogen) atoms. The average molecular weight is 1030 g/mol. The van der Waals surface area contributed by atoms with Gasteiger partial charge in [0.05, 0.1) is 38.8 Å². The van der Waals surface area contributed by atoms with Crippen LogP contribution in [0.5, 0.6) is 0 Å². The smallest absolute Gasteiger partial charge is 0.227 e. The molecule has 0 fully saturated rings. The van der Waals surface area contributed by atoms with Crippen LogP contribution in [0.3, 0.4) is 0 Å². The number of aryl methyl sites for hydroxylation is 7. The normalized spacial score (nSPS) is 12.0. The first-order chi connectivity index (χ1) is 38.3. The second-order valence-corrected chi connectivity index (χ2v) is 22.2. The molecule has 14 rings (SSSR count). The van der Waals surface area contributed by atoms with E-state index in [-0.39, 0.29) is 6.04 Å². The molecule has 0 bridgehead atoms. The monoisotopic (exact) mass is 1020 g/mol. The van der Waals surface area contributed by atoms with Crippen LogP contribution in [0.1, 0.15) is 58.4 Å². The fourth-order valence-electron chi connectivity index (χ4n) is 12.6. The molecule has 7 nitrogen and oxygen atoms in total. The van der Waals surface area contributed by atoms with Crippen molar-refractivity contribution in [3.63, 3.8) is 0 Å². The summed E-state index contributed by atoms with van der Waals surface area (Å²) in [5, 5.41) is 7.01. The Morgan fingerprint density at radius 2 is 0.848 bits per heavy atom. The molecule has 0 N–H and O–H groups in total. The second-order valence-electron chi connectivity index (χ2n) is 22.2. The molecule has 384 valence electrons. The van der Waals surface area contributed by atoms with Gasteiger partial charge in [-0.2, -0.15) is 0 Å². The van der Waals surface area contributed by atoms with Crippen molar-refractivity contribution in [1.82, 2.24) is 23.7 Å². The van der Waals surface area contributed by atoms with Crippen molar-refractivity contribution in [1.29, 1.82) is 0 Å². The van der Waals surface area contributed by atoms with Gasteiger partial charge < -0.3 is 18.5 Å². The summed E-state index contributed by atoms with van der Waals surface area (Å²) < 4.78 is 14.4. The van der Waals surface area contributed by atoms with E-state index in [2.05, 4.69) is 239 Å². The van der Waals surface area contributed by atoms with Crippen molar-refractivity contribution in [3.8, 4) is 39.8 Å². The first-order valence-electron chi connectivity index (χ1n) is 27.4. The largest absolute Gasteiger partial charge is 0.436 e. The van der Waals surface area contributed by atoms with Crippen molar-refractivity contribution < 1.29 is 4.42 Å². The number of fused-ring (bicyclic) bond motifs is 10. The number of anilines is 2. The van der Waals surface area contributed by atoms with Gasteiger partial charge in [-0.05, 0) is 177 Å². The van der Waals surface area contributed by atoms with Crippen molar-refractivity contribution in [3.05, 3.63) is 227 Å². The maximum Gasteiger partial charge on any atom is 0.227 e. The first-order valence-corrected chi connectivity index (χ1v) is 27.4. The summed E-state index contributed by atoms with van der Waals surface area (Å²) in [6.45, 7) is 24.3. The zero-order valence-electron chi connectivity index (χ0n) is 46.2. The van der Waals surface area contributed by atoms with Crippen LogP contribution in [-0.2, 0) is 0 Å². The van der Waals surface area contributed by atoms with Gasteiger partial charge in [0.15, 0.2) is 17.2 Å². The number of nitrogens with zero attached hydrogens (tertiary/aromatic N) is 6. The van der Waals surface area contributed by atoms with Crippen LogP contribution in [0.25, 0.3) is 122 Å². The van der Waals surface area contributed by atoms with Gasteiger partial charge in [0.2, 0.25) is 5.89 Å². The van der Waals surface area contributed by atoms with E-state index in [0.717, 1.165) is 101 Å². The van der Waals surface area contributed by atoms with Gasteiger partial charge in [-0.3, -0.25) is 4.57 Å². The van der Waals surface area contributed by atoms with Crippen molar-refractivity contribution in [2.75, 3.05) is 4.90 Å². The Morgan fingerprint density at radius 1 is 0.443 bits per heavy atom. The van der Waals surface area contributed by atoms with Gasteiger partial charge in [-0.25, -0.2) is 9.97 Å². The fourth-order valence-corrected chi connectivity index (χ4v) is 12.6. The number of benzene rings is 9. The third kappa shape index (κ3) is 7.47. The maximum atomic E-state index is 6.91. The highest BCUT2D eigenvalue weighted by Gasteiger charge is 2.35. The highest BCUT2D eigenvalue weighted by molar-refractivity contribution is 6.16. The summed E-state index contributed by atoms with van der Waals surface area (Å²) in [7, 11) is 0. The zero-order chi connectivity index (χ0) is 54.1. The molecule has 0 amide bonds. The highest BCUT2D eigenvalue weighted by atomic mass is 16.3. The standard InChI is InChI=1S/C72H60N6O/c1-11-49-34-42(4)20-27-59(49)75(41(2)3)70-68(76-60-28-21-43(5)35-52(60)53-36-44(6)22-29-61(53)76)67(50-16-12-13-17-51(50)72-73-58-18-14-15-19-66(58)79-72)69(77-62-30-23-45(7)37-54(62)55-38-46(8)24-31-63(55)77)71(74-70)78-64-32-25-47(9)39-56(64)57-40-48(10)26-33-65(57)78/h11-41H,1H2,2-10H3. The third-order valence-corrected chi connectivity index (χ3v) is 16.1. The average Bonchev–Trinajstić information content (AvgIpc) is 4.00. The summed E-state index contributed by atoms with van der Waals surface area (Å²) in [6, 6.07) is 64.7.